The van der Waals surface area contributed by atoms with Gasteiger partial charge in [-0.25, -0.2) is 0 Å². The van der Waals surface area contributed by atoms with Gasteiger partial charge in [0.15, 0.2) is 0 Å². The molecule has 1 unspecified atom stereocenters. The monoisotopic (exact) mass is 419 g/mol. The summed E-state index contributed by atoms with van der Waals surface area (Å²) in [5, 5.41) is 2.28. The molecule has 3 rings (SSSR count). The van der Waals surface area contributed by atoms with E-state index in [-0.39, 0.29) is 69.7 Å². The van der Waals surface area contributed by atoms with E-state index in [0.29, 0.717) is 18.5 Å². The molecule has 1 atom stereocenters. The van der Waals surface area contributed by atoms with Crippen LogP contribution in [0.2, 0.25) is 0 Å². The van der Waals surface area contributed by atoms with Gasteiger partial charge in [-0.15, -0.1) is 0 Å². The van der Waals surface area contributed by atoms with E-state index < -0.39 is 6.04 Å². The second-order valence-electron chi connectivity index (χ2n) is 7.12. The summed E-state index contributed by atoms with van der Waals surface area (Å²) in [5.74, 6) is -0.757. The first-order valence-corrected chi connectivity index (χ1v) is 7.75. The van der Waals surface area contributed by atoms with Crippen LogP contribution in [0.1, 0.15) is 49.5 Å². The molecule has 0 saturated carbocycles. The van der Waals surface area contributed by atoms with E-state index in [2.05, 4.69) is 33.0 Å². The van der Waals surface area contributed by atoms with Crippen molar-refractivity contribution in [3.8, 4) is 0 Å². The van der Waals surface area contributed by atoms with Crippen molar-refractivity contribution in [2.24, 2.45) is 5.41 Å². The molecule has 135 valence electrons. The molecule has 1 saturated heterocycles. The average Bonchev–Trinajstić information content (AvgIpc) is 2.75. The molecule has 3 amide bonds. The summed E-state index contributed by atoms with van der Waals surface area (Å²) < 4.78 is 0. The molecule has 1 N–H and O–H groups in total. The molecular weight excluding hydrogens is 393 g/mol. The maximum absolute atomic E-state index is 12.2. The number of carbonyl (C=O) groups is 3. The first-order chi connectivity index (χ1) is 10.7. The molecule has 0 aliphatic carbocycles. The summed E-state index contributed by atoms with van der Waals surface area (Å²) in [4.78, 5) is 36.6. The zero-order chi connectivity index (χ0) is 17.2. The van der Waals surface area contributed by atoms with Gasteiger partial charge in [-0.3, -0.25) is 19.7 Å². The fourth-order valence-corrected chi connectivity index (χ4v) is 2.51. The number of rotatable bonds is 1. The van der Waals surface area contributed by atoms with Crippen LogP contribution in [0.5, 0.6) is 0 Å². The Kier molecular flexibility index (Phi) is 9.17. The summed E-state index contributed by atoms with van der Waals surface area (Å²) in [6.45, 7) is 10.4. The van der Waals surface area contributed by atoms with Crippen LogP contribution in [0.15, 0.2) is 24.3 Å². The number of nitrogens with one attached hydrogen (secondary N) is 1. The van der Waals surface area contributed by atoms with Gasteiger partial charge in [-0.1, -0.05) is 39.0 Å². The predicted octanol–water partition coefficient (Wildman–Crippen LogP) is 2.76. The Morgan fingerprint density at radius 1 is 1.16 bits per heavy atom. The second-order valence-corrected chi connectivity index (χ2v) is 7.12. The third-order valence-electron chi connectivity index (χ3n) is 3.44. The average molecular weight is 419 g/mol. The number of amides is 3. The fourth-order valence-electron chi connectivity index (χ4n) is 2.51. The molecule has 25 heavy (non-hydrogen) atoms. The maximum atomic E-state index is 12.2. The van der Waals surface area contributed by atoms with E-state index >= 15 is 0 Å². The van der Waals surface area contributed by atoms with E-state index in [0.717, 1.165) is 5.56 Å². The van der Waals surface area contributed by atoms with Gasteiger partial charge in [0, 0.05) is 51.2 Å². The van der Waals surface area contributed by atoms with Crippen molar-refractivity contribution in [3.63, 3.8) is 0 Å². The summed E-state index contributed by atoms with van der Waals surface area (Å²) in [7, 11) is 0. The second kappa shape index (κ2) is 9.58. The van der Waals surface area contributed by atoms with Crippen LogP contribution in [0.3, 0.4) is 0 Å². The molecule has 2 aliphatic heterocycles. The Balaban J connectivity index is 0.000000734. The molecule has 1 radical (unpaired) electrons. The normalized spacial score (nSPS) is 19.0. The summed E-state index contributed by atoms with van der Waals surface area (Å²) in [5.41, 5.74) is 1.84. The first-order valence-electron chi connectivity index (χ1n) is 7.75. The Morgan fingerprint density at radius 3 is 2.24 bits per heavy atom. The molecule has 0 aromatic heterocycles. The van der Waals surface area contributed by atoms with Crippen LogP contribution in [0, 0.1) is 19.8 Å². The quantitative estimate of drug-likeness (QED) is 0.563. The van der Waals surface area contributed by atoms with Gasteiger partial charge < -0.3 is 19.3 Å². The third-order valence-corrected chi connectivity index (χ3v) is 3.44. The van der Waals surface area contributed by atoms with Crippen molar-refractivity contribution in [2.45, 2.75) is 46.2 Å². The van der Waals surface area contributed by atoms with Crippen LogP contribution in [-0.2, 0) is 48.8 Å². The van der Waals surface area contributed by atoms with Gasteiger partial charge in [0.1, 0.15) is 6.04 Å². The van der Waals surface area contributed by atoms with Crippen molar-refractivity contribution in [1.29, 1.82) is 0 Å². The standard InChI is InChI=1S/C13H12N2O3.C5H11.CH3.Y/c16-11-6-5-10(12(17)14-11)15-7-8-3-1-2-4-9(8)13(15)18;1-5(2,3)4;;/h1-4,10H,5-7H2,(H,14,16,17);1H2,2-4H3;1H3;/q;2*-1;. The zero-order valence-electron chi connectivity index (χ0n) is 15.5. The van der Waals surface area contributed by atoms with E-state index in [1.807, 2.05) is 18.2 Å². The maximum Gasteiger partial charge on any atom is 0.255 e. The van der Waals surface area contributed by atoms with Gasteiger partial charge in [0.05, 0.1) is 0 Å². The largest absolute Gasteiger partial charge is 0.358 e. The van der Waals surface area contributed by atoms with Crippen LogP contribution in [0.25, 0.3) is 0 Å². The van der Waals surface area contributed by atoms with Gasteiger partial charge in [-0.2, -0.15) is 5.41 Å². The number of fused-ring (bicyclic) bond motifs is 1. The number of benzene rings is 1. The number of imide groups is 1. The van der Waals surface area contributed by atoms with Crippen molar-refractivity contribution < 1.29 is 47.1 Å². The van der Waals surface area contributed by atoms with Crippen molar-refractivity contribution in [1.82, 2.24) is 10.2 Å². The topological polar surface area (TPSA) is 66.5 Å². The number of piperidine rings is 1. The van der Waals surface area contributed by atoms with E-state index in [4.69, 9.17) is 0 Å². The Labute approximate surface area is 175 Å². The molecule has 5 nitrogen and oxygen atoms in total. The Bertz CT molecular complexity index is 632. The molecule has 6 heteroatoms. The number of carbonyl (C=O) groups excluding carboxylic acids is 3. The van der Waals surface area contributed by atoms with Crippen LogP contribution >= 0.6 is 0 Å². The molecule has 0 bridgehead atoms. The Hall–Kier alpha value is -1.07. The Morgan fingerprint density at radius 2 is 1.72 bits per heavy atom. The van der Waals surface area contributed by atoms with E-state index in [9.17, 15) is 14.4 Å². The molecular formula is C19H26N2O3Y-2. The minimum Gasteiger partial charge on any atom is -0.358 e. The predicted molar refractivity (Wildman–Crippen MR) is 93.7 cm³/mol. The number of nitrogens with zero attached hydrogens (tertiary/aromatic N) is 1. The molecule has 0 spiro atoms. The SMILES string of the molecule is O=C1CCC(N2Cc3ccccc3C2=O)C(=O)N1.[CH2-]C(C)(C)C.[CH3-].[Y]. The summed E-state index contributed by atoms with van der Waals surface area (Å²) in [6, 6.07) is 6.82. The molecule has 1 fully saturated rings. The molecule has 1 aromatic carbocycles. The van der Waals surface area contributed by atoms with Gasteiger partial charge in [0.25, 0.3) is 5.91 Å². The summed E-state index contributed by atoms with van der Waals surface area (Å²) in [6.07, 6.45) is 0.695. The van der Waals surface area contributed by atoms with Crippen LogP contribution in [-0.4, -0.2) is 28.7 Å². The van der Waals surface area contributed by atoms with Gasteiger partial charge in [-0.05, 0) is 18.1 Å². The van der Waals surface area contributed by atoms with Crippen molar-refractivity contribution in [2.75, 3.05) is 0 Å². The van der Waals surface area contributed by atoms with E-state index in [1.54, 1.807) is 11.0 Å². The van der Waals surface area contributed by atoms with Crippen molar-refractivity contribution in [3.05, 3.63) is 49.7 Å². The minimum absolute atomic E-state index is 0. The van der Waals surface area contributed by atoms with Crippen LogP contribution < -0.4 is 5.32 Å². The van der Waals surface area contributed by atoms with Gasteiger partial charge in [0.2, 0.25) is 11.8 Å². The van der Waals surface area contributed by atoms with Gasteiger partial charge >= 0.3 is 0 Å². The molecule has 2 heterocycles. The minimum atomic E-state index is -0.525. The number of hydrogen-bond acceptors (Lipinski definition) is 3. The third kappa shape index (κ3) is 6.63. The number of hydrogen-bond donors (Lipinski definition) is 1. The van der Waals surface area contributed by atoms with Crippen LogP contribution in [0.4, 0.5) is 0 Å². The van der Waals surface area contributed by atoms with E-state index in [1.165, 1.54) is 0 Å². The smallest absolute Gasteiger partial charge is 0.255 e. The fraction of sp³-hybridized carbons (Fsp3) is 0.421. The molecule has 2 aliphatic rings. The first kappa shape index (κ1) is 23.9. The zero-order valence-corrected chi connectivity index (χ0v) is 18.3. The van der Waals surface area contributed by atoms with Crippen molar-refractivity contribution >= 4 is 17.7 Å². The summed E-state index contributed by atoms with van der Waals surface area (Å²) >= 11 is 0. The molecule has 1 aromatic rings.